The lowest BCUT2D eigenvalue weighted by Crippen LogP contribution is -2.60. The monoisotopic (exact) mass is 349 g/mol. The van der Waals surface area contributed by atoms with E-state index in [1.54, 1.807) is 6.92 Å². The molecule has 0 aromatic carbocycles. The molecule has 3 rings (SSSR count). The largest absolute Gasteiger partial charge is 0.477 e. The van der Waals surface area contributed by atoms with Crippen molar-refractivity contribution in [2.24, 2.45) is 5.92 Å². The van der Waals surface area contributed by atoms with Gasteiger partial charge in [-0.2, -0.15) is 0 Å². The van der Waals surface area contributed by atoms with E-state index in [2.05, 4.69) is 0 Å². The molecule has 0 radical (unpaired) electrons. The Hall–Kier alpha value is -0.510. The highest BCUT2D eigenvalue weighted by Gasteiger charge is 2.58. The maximum absolute atomic E-state index is 12.0. The minimum Gasteiger partial charge on any atom is -0.477 e. The maximum Gasteiger partial charge on any atom is 0.354 e. The summed E-state index contributed by atoms with van der Waals surface area (Å²) in [6.45, 7) is 1.55. The van der Waals surface area contributed by atoms with Gasteiger partial charge in [-0.05, 0) is 13.3 Å². The van der Waals surface area contributed by atoms with Crippen LogP contribution in [0.25, 0.3) is 0 Å². The fraction of sp³-hybridized carbons (Fsp3) is 0.667. The van der Waals surface area contributed by atoms with Gasteiger partial charge < -0.3 is 10.2 Å². The Morgan fingerprint density at radius 2 is 2.29 bits per heavy atom. The van der Waals surface area contributed by atoms with Crippen LogP contribution in [0.2, 0.25) is 0 Å². The third-order valence-corrected chi connectivity index (χ3v) is 8.33. The van der Waals surface area contributed by atoms with Crippen LogP contribution in [0.4, 0.5) is 0 Å². The third-order valence-electron chi connectivity index (χ3n) is 3.78. The van der Waals surface area contributed by atoms with Crippen molar-refractivity contribution in [1.82, 2.24) is 4.90 Å². The maximum atomic E-state index is 12.0. The van der Waals surface area contributed by atoms with Crippen LogP contribution in [-0.4, -0.2) is 59.4 Å². The van der Waals surface area contributed by atoms with E-state index < -0.39 is 28.8 Å². The Morgan fingerprint density at radius 1 is 1.57 bits per heavy atom. The van der Waals surface area contributed by atoms with Crippen LogP contribution in [0, 0.1) is 5.92 Å². The van der Waals surface area contributed by atoms with Crippen LogP contribution < -0.4 is 0 Å². The lowest BCUT2D eigenvalue weighted by Gasteiger charge is -2.43. The molecule has 21 heavy (non-hydrogen) atoms. The summed E-state index contributed by atoms with van der Waals surface area (Å²) in [4.78, 5) is 24.8. The topological polar surface area (TPSA) is 94.9 Å². The van der Waals surface area contributed by atoms with Crippen molar-refractivity contribution in [2.75, 3.05) is 11.5 Å². The lowest BCUT2D eigenvalue weighted by atomic mass is 9.92. The molecule has 2 fully saturated rings. The van der Waals surface area contributed by atoms with Gasteiger partial charge in [-0.15, -0.1) is 11.8 Å². The second kappa shape index (κ2) is 5.60. The van der Waals surface area contributed by atoms with Crippen LogP contribution in [-0.2, 0) is 20.4 Å². The number of nitrogens with zero attached hydrogens (tertiary/aromatic N) is 1. The van der Waals surface area contributed by atoms with E-state index in [4.69, 9.17) is 0 Å². The summed E-state index contributed by atoms with van der Waals surface area (Å²) in [6, 6.07) is 0. The highest BCUT2D eigenvalue weighted by Crippen LogP contribution is 2.55. The predicted molar refractivity (Wildman–Crippen MR) is 81.9 cm³/mol. The molecule has 116 valence electrons. The molecule has 0 saturated carbocycles. The molecular weight excluding hydrogens is 334 g/mol. The van der Waals surface area contributed by atoms with Crippen LogP contribution >= 0.6 is 23.5 Å². The second-order valence-electron chi connectivity index (χ2n) is 5.26. The van der Waals surface area contributed by atoms with E-state index in [0.717, 1.165) is 6.42 Å². The molecule has 1 amide bonds. The summed E-state index contributed by atoms with van der Waals surface area (Å²) in [5.41, 5.74) is 0.0228. The molecule has 3 heterocycles. The van der Waals surface area contributed by atoms with E-state index in [0.29, 0.717) is 15.7 Å². The molecule has 3 aliphatic heterocycles. The Morgan fingerprint density at radius 3 is 2.81 bits per heavy atom. The van der Waals surface area contributed by atoms with Gasteiger partial charge in [-0.3, -0.25) is 13.9 Å². The Labute approximate surface area is 132 Å². The zero-order valence-corrected chi connectivity index (χ0v) is 13.7. The molecule has 5 atom stereocenters. The van der Waals surface area contributed by atoms with Crippen LogP contribution in [0.3, 0.4) is 0 Å². The standard InChI is InChI=1S/C12H15NO5S3/c1-5(14)7-9(15)13-8(11(16)17)12(20-10(7)13)19-6-2-3-21(18)4-6/h5-7,10,14H,2-4H2,1H3,(H,16,17)/t5-,6+,7?,10+,21-/m1/s1. The second-order valence-corrected chi connectivity index (χ2v) is 9.58. The molecule has 0 aliphatic carbocycles. The van der Waals surface area contributed by atoms with Gasteiger partial charge in [-0.1, -0.05) is 11.8 Å². The number of aliphatic hydroxyl groups excluding tert-OH is 1. The Bertz CT molecular complexity index is 561. The van der Waals surface area contributed by atoms with Crippen LogP contribution in [0.1, 0.15) is 13.3 Å². The van der Waals surface area contributed by atoms with E-state index in [9.17, 15) is 24.0 Å². The Balaban J connectivity index is 1.81. The summed E-state index contributed by atoms with van der Waals surface area (Å²) < 4.78 is 12.0. The van der Waals surface area contributed by atoms with Crippen LogP contribution in [0.5, 0.6) is 0 Å². The first kappa shape index (κ1) is 15.4. The summed E-state index contributed by atoms with van der Waals surface area (Å²) >= 11 is 2.74. The molecule has 2 saturated heterocycles. The summed E-state index contributed by atoms with van der Waals surface area (Å²) in [5, 5.41) is 18.8. The number of hydrogen-bond acceptors (Lipinski definition) is 6. The van der Waals surface area contributed by atoms with E-state index in [-0.39, 0.29) is 22.2 Å². The van der Waals surface area contributed by atoms with Crippen molar-refractivity contribution in [3.05, 3.63) is 9.93 Å². The normalized spacial score (nSPS) is 36.7. The quantitative estimate of drug-likeness (QED) is 0.710. The number of β-lactam (4-membered cyclic amide) rings is 1. The van der Waals surface area contributed by atoms with E-state index >= 15 is 0 Å². The molecule has 6 nitrogen and oxygen atoms in total. The number of rotatable bonds is 4. The van der Waals surface area contributed by atoms with Gasteiger partial charge in [0.25, 0.3) is 0 Å². The van der Waals surface area contributed by atoms with Crippen molar-refractivity contribution in [3.8, 4) is 0 Å². The van der Waals surface area contributed by atoms with Crippen molar-refractivity contribution >= 4 is 46.2 Å². The highest BCUT2D eigenvalue weighted by molar-refractivity contribution is 8.23. The summed E-state index contributed by atoms with van der Waals surface area (Å²) in [7, 11) is -0.819. The number of hydrogen-bond donors (Lipinski definition) is 2. The molecule has 0 bridgehead atoms. The van der Waals surface area contributed by atoms with Gasteiger partial charge in [0.15, 0.2) is 5.70 Å². The number of aliphatic carboxylic acids is 1. The lowest BCUT2D eigenvalue weighted by molar-refractivity contribution is -0.156. The van der Waals surface area contributed by atoms with Gasteiger partial charge in [0, 0.05) is 27.6 Å². The van der Waals surface area contributed by atoms with E-state index in [1.807, 2.05) is 0 Å². The highest BCUT2D eigenvalue weighted by atomic mass is 32.2. The zero-order valence-electron chi connectivity index (χ0n) is 11.2. The van der Waals surface area contributed by atoms with Crippen molar-refractivity contribution < 1.29 is 24.0 Å². The molecular formula is C12H15NO5S3. The van der Waals surface area contributed by atoms with Crippen LogP contribution in [0.15, 0.2) is 9.93 Å². The minimum atomic E-state index is -1.12. The fourth-order valence-corrected chi connectivity index (χ4v) is 7.97. The molecule has 9 heteroatoms. The molecule has 0 aromatic heterocycles. The summed E-state index contributed by atoms with van der Waals surface area (Å²) in [5.74, 6) is -0.768. The number of aliphatic hydroxyl groups is 1. The summed E-state index contributed by atoms with van der Waals surface area (Å²) in [6.07, 6.45) is 0.0109. The first-order valence-corrected chi connectivity index (χ1v) is 9.82. The number of fused-ring (bicyclic) bond motifs is 1. The SMILES string of the molecule is C[C@@H](O)C1C(=O)N2C(C(=O)O)=C(S[C@H]3CC[S@@](=O)C3)S[C@@H]12. The first-order chi connectivity index (χ1) is 9.90. The van der Waals surface area contributed by atoms with Gasteiger partial charge in [-0.25, -0.2) is 4.79 Å². The van der Waals surface area contributed by atoms with Gasteiger partial charge in [0.05, 0.1) is 16.3 Å². The predicted octanol–water partition coefficient (Wildman–Crippen LogP) is 0.406. The molecule has 0 spiro atoms. The first-order valence-electron chi connectivity index (χ1n) is 6.57. The average molecular weight is 349 g/mol. The number of thioether (sulfide) groups is 2. The van der Waals surface area contributed by atoms with Gasteiger partial charge >= 0.3 is 5.97 Å². The average Bonchev–Trinajstić information content (AvgIpc) is 2.91. The Kier molecular flexibility index (Phi) is 4.10. The molecule has 1 unspecified atom stereocenters. The van der Waals surface area contributed by atoms with Gasteiger partial charge in [0.2, 0.25) is 5.91 Å². The molecule has 2 N–H and O–H groups in total. The number of carbonyl (C=O) groups is 2. The van der Waals surface area contributed by atoms with Crippen molar-refractivity contribution in [3.63, 3.8) is 0 Å². The van der Waals surface area contributed by atoms with Crippen molar-refractivity contribution in [1.29, 1.82) is 0 Å². The smallest absolute Gasteiger partial charge is 0.354 e. The molecule has 3 aliphatic rings. The fourth-order valence-electron chi connectivity index (χ4n) is 2.71. The number of carboxylic acids is 1. The van der Waals surface area contributed by atoms with E-state index in [1.165, 1.54) is 28.4 Å². The number of amides is 1. The third kappa shape index (κ3) is 2.54. The number of carboxylic acid groups (broad SMARTS) is 1. The van der Waals surface area contributed by atoms with Crippen molar-refractivity contribution in [2.45, 2.75) is 30.1 Å². The minimum absolute atomic E-state index is 0.0228. The van der Waals surface area contributed by atoms with Gasteiger partial charge in [0.1, 0.15) is 5.37 Å². The molecule has 0 aromatic rings. The number of carbonyl (C=O) groups excluding carboxylic acids is 1. The zero-order chi connectivity index (χ0) is 15.3.